The molecule has 5 nitrogen and oxygen atoms in total. The van der Waals surface area contributed by atoms with Crippen molar-refractivity contribution in [2.75, 3.05) is 20.3 Å². The molecule has 0 aliphatic heterocycles. The van der Waals surface area contributed by atoms with E-state index in [1.165, 1.54) is 7.11 Å². The minimum atomic E-state index is -0.685. The van der Waals surface area contributed by atoms with Crippen molar-refractivity contribution in [1.29, 1.82) is 0 Å². The smallest absolute Gasteiger partial charge is 0.251 e. The number of carbonyl (C=O) groups excluding carboxylic acids is 1. The Morgan fingerprint density at radius 2 is 2.33 bits per heavy atom. The van der Waals surface area contributed by atoms with Crippen molar-refractivity contribution in [1.82, 2.24) is 10.3 Å². The molecule has 1 unspecified atom stereocenters. The molecule has 3 N–H and O–H groups in total. The van der Waals surface area contributed by atoms with Gasteiger partial charge < -0.3 is 20.1 Å². The first-order valence-electron chi connectivity index (χ1n) is 5.73. The number of methoxy groups -OCH3 is 1. The lowest BCUT2D eigenvalue weighted by Crippen LogP contribution is -2.34. The van der Waals surface area contributed by atoms with Crippen LogP contribution in [0.2, 0.25) is 0 Å². The molecule has 1 atom stereocenters. The van der Waals surface area contributed by atoms with Crippen molar-refractivity contribution in [2.24, 2.45) is 0 Å². The zero-order chi connectivity index (χ0) is 13.0. The van der Waals surface area contributed by atoms with Crippen LogP contribution >= 0.6 is 0 Å². The highest BCUT2D eigenvalue weighted by molar-refractivity contribution is 5.98. The molecular weight excluding hydrogens is 232 g/mol. The molecule has 0 saturated heterocycles. The molecule has 2 aromatic rings. The number of fused-ring (bicyclic) bond motifs is 1. The average Bonchev–Trinajstić information content (AvgIpc) is 2.83. The number of rotatable bonds is 5. The van der Waals surface area contributed by atoms with Crippen molar-refractivity contribution in [3.8, 4) is 0 Å². The van der Waals surface area contributed by atoms with Gasteiger partial charge in [0.1, 0.15) is 0 Å². The summed E-state index contributed by atoms with van der Waals surface area (Å²) in [5.41, 5.74) is 1.57. The number of benzene rings is 1. The van der Waals surface area contributed by atoms with Gasteiger partial charge in [0.15, 0.2) is 0 Å². The third-order valence-electron chi connectivity index (χ3n) is 2.67. The number of hydrogen-bond donors (Lipinski definition) is 3. The van der Waals surface area contributed by atoms with Gasteiger partial charge in [-0.3, -0.25) is 4.79 Å². The number of H-pyrrole nitrogens is 1. The fourth-order valence-electron chi connectivity index (χ4n) is 1.76. The summed E-state index contributed by atoms with van der Waals surface area (Å²) < 4.78 is 4.78. The lowest BCUT2D eigenvalue weighted by atomic mass is 10.1. The van der Waals surface area contributed by atoms with E-state index in [4.69, 9.17) is 4.74 Å². The predicted octanol–water partition coefficient (Wildman–Crippen LogP) is 0.905. The standard InChI is InChI=1S/C13H16N2O3/c1-18-8-11(16)7-15-13(17)10-2-3-12-9(6-10)4-5-14-12/h2-6,11,14,16H,7-8H2,1H3,(H,15,17). The quantitative estimate of drug-likeness (QED) is 0.736. The van der Waals surface area contributed by atoms with Crippen LogP contribution in [0.1, 0.15) is 10.4 Å². The molecule has 2 rings (SSSR count). The molecular formula is C13H16N2O3. The summed E-state index contributed by atoms with van der Waals surface area (Å²) in [6.45, 7) is 0.384. The minimum Gasteiger partial charge on any atom is -0.389 e. The first-order valence-corrected chi connectivity index (χ1v) is 5.73. The Balaban J connectivity index is 1.99. The lowest BCUT2D eigenvalue weighted by molar-refractivity contribution is 0.0610. The number of aromatic amines is 1. The van der Waals surface area contributed by atoms with Gasteiger partial charge >= 0.3 is 0 Å². The van der Waals surface area contributed by atoms with Gasteiger partial charge in [-0.1, -0.05) is 0 Å². The number of aromatic nitrogens is 1. The van der Waals surface area contributed by atoms with Crippen molar-refractivity contribution >= 4 is 16.8 Å². The predicted molar refractivity (Wildman–Crippen MR) is 68.5 cm³/mol. The molecule has 0 aliphatic rings. The highest BCUT2D eigenvalue weighted by Crippen LogP contribution is 2.14. The van der Waals surface area contributed by atoms with Crippen molar-refractivity contribution in [3.05, 3.63) is 36.0 Å². The van der Waals surface area contributed by atoms with Crippen LogP contribution in [0.3, 0.4) is 0 Å². The van der Waals surface area contributed by atoms with Crippen LogP contribution in [-0.2, 0) is 4.74 Å². The zero-order valence-corrected chi connectivity index (χ0v) is 10.1. The molecule has 0 bridgehead atoms. The van der Waals surface area contributed by atoms with E-state index in [9.17, 15) is 9.90 Å². The van der Waals surface area contributed by atoms with Crippen LogP contribution < -0.4 is 5.32 Å². The van der Waals surface area contributed by atoms with Gasteiger partial charge in [0.2, 0.25) is 0 Å². The maximum atomic E-state index is 11.8. The van der Waals surface area contributed by atoms with Crippen LogP contribution in [0.4, 0.5) is 0 Å². The molecule has 1 aromatic carbocycles. The molecule has 0 saturated carbocycles. The lowest BCUT2D eigenvalue weighted by Gasteiger charge is -2.10. The Bertz CT molecular complexity index is 536. The Morgan fingerprint density at radius 3 is 3.11 bits per heavy atom. The van der Waals surface area contributed by atoms with Gasteiger partial charge in [0.25, 0.3) is 5.91 Å². The highest BCUT2D eigenvalue weighted by atomic mass is 16.5. The summed E-state index contributed by atoms with van der Waals surface area (Å²) in [6, 6.07) is 7.32. The molecule has 0 aliphatic carbocycles. The van der Waals surface area contributed by atoms with Gasteiger partial charge in [0, 0.05) is 36.3 Å². The van der Waals surface area contributed by atoms with Crippen LogP contribution in [0, 0.1) is 0 Å². The van der Waals surface area contributed by atoms with Crippen LogP contribution in [0.25, 0.3) is 10.9 Å². The van der Waals surface area contributed by atoms with Gasteiger partial charge in [0.05, 0.1) is 12.7 Å². The Labute approximate surface area is 105 Å². The second-order valence-electron chi connectivity index (χ2n) is 4.10. The molecule has 18 heavy (non-hydrogen) atoms. The first kappa shape index (κ1) is 12.6. The zero-order valence-electron chi connectivity index (χ0n) is 10.1. The molecule has 0 fully saturated rings. The third-order valence-corrected chi connectivity index (χ3v) is 2.67. The third kappa shape index (κ3) is 2.88. The summed E-state index contributed by atoms with van der Waals surface area (Å²) >= 11 is 0. The number of hydrogen-bond acceptors (Lipinski definition) is 3. The highest BCUT2D eigenvalue weighted by Gasteiger charge is 2.09. The summed E-state index contributed by atoms with van der Waals surface area (Å²) in [4.78, 5) is 14.9. The van der Waals surface area contributed by atoms with Crippen LogP contribution in [-0.4, -0.2) is 42.4 Å². The Hall–Kier alpha value is -1.85. The number of aliphatic hydroxyl groups excluding tert-OH is 1. The topological polar surface area (TPSA) is 74.3 Å². The Morgan fingerprint density at radius 1 is 1.50 bits per heavy atom. The fourth-order valence-corrected chi connectivity index (χ4v) is 1.76. The van der Waals surface area contributed by atoms with E-state index in [0.717, 1.165) is 10.9 Å². The second-order valence-corrected chi connectivity index (χ2v) is 4.10. The molecule has 1 aromatic heterocycles. The van der Waals surface area contributed by atoms with E-state index >= 15 is 0 Å². The average molecular weight is 248 g/mol. The minimum absolute atomic E-state index is 0.178. The van der Waals surface area contributed by atoms with E-state index in [2.05, 4.69) is 10.3 Å². The molecule has 5 heteroatoms. The fraction of sp³-hybridized carbons (Fsp3) is 0.308. The van der Waals surface area contributed by atoms with Crippen LogP contribution in [0.15, 0.2) is 30.5 Å². The van der Waals surface area contributed by atoms with Crippen molar-refractivity contribution < 1.29 is 14.6 Å². The molecule has 0 spiro atoms. The Kier molecular flexibility index (Phi) is 3.96. The summed E-state index contributed by atoms with van der Waals surface area (Å²) in [5.74, 6) is -0.201. The molecule has 0 radical (unpaired) electrons. The maximum absolute atomic E-state index is 11.8. The maximum Gasteiger partial charge on any atom is 0.251 e. The van der Waals surface area contributed by atoms with Gasteiger partial charge in [-0.05, 0) is 24.3 Å². The van der Waals surface area contributed by atoms with Crippen LogP contribution in [0.5, 0.6) is 0 Å². The molecule has 1 amide bonds. The van der Waals surface area contributed by atoms with E-state index < -0.39 is 6.10 Å². The van der Waals surface area contributed by atoms with Crippen molar-refractivity contribution in [2.45, 2.75) is 6.10 Å². The first-order chi connectivity index (χ1) is 8.70. The van der Waals surface area contributed by atoms with Gasteiger partial charge in [-0.15, -0.1) is 0 Å². The molecule has 96 valence electrons. The summed E-state index contributed by atoms with van der Waals surface area (Å²) in [5, 5.41) is 13.1. The number of carbonyl (C=O) groups is 1. The molecule has 1 heterocycles. The number of nitrogens with one attached hydrogen (secondary N) is 2. The summed E-state index contributed by atoms with van der Waals surface area (Å²) in [7, 11) is 1.50. The number of aliphatic hydroxyl groups is 1. The number of ether oxygens (including phenoxy) is 1. The van der Waals surface area contributed by atoms with E-state index in [0.29, 0.717) is 5.56 Å². The SMILES string of the molecule is COCC(O)CNC(=O)c1ccc2[nH]ccc2c1. The van der Waals surface area contributed by atoms with E-state index in [1.807, 2.05) is 24.4 Å². The van der Waals surface area contributed by atoms with E-state index in [-0.39, 0.29) is 19.1 Å². The monoisotopic (exact) mass is 248 g/mol. The van der Waals surface area contributed by atoms with E-state index in [1.54, 1.807) is 6.07 Å². The largest absolute Gasteiger partial charge is 0.389 e. The summed E-state index contributed by atoms with van der Waals surface area (Å²) in [6.07, 6.45) is 1.14. The second kappa shape index (κ2) is 5.66. The van der Waals surface area contributed by atoms with Gasteiger partial charge in [-0.2, -0.15) is 0 Å². The van der Waals surface area contributed by atoms with Gasteiger partial charge in [-0.25, -0.2) is 0 Å². The number of amides is 1. The normalized spacial score (nSPS) is 12.6. The van der Waals surface area contributed by atoms with Crippen molar-refractivity contribution in [3.63, 3.8) is 0 Å².